The summed E-state index contributed by atoms with van der Waals surface area (Å²) >= 11 is 0. The van der Waals surface area contributed by atoms with Gasteiger partial charge in [0, 0.05) is 6.42 Å². The number of imidazole rings is 1. The van der Waals surface area contributed by atoms with Crippen molar-refractivity contribution in [2.45, 2.75) is 37.8 Å². The lowest BCUT2D eigenvalue weighted by Crippen LogP contribution is -2.36. The fourth-order valence-corrected chi connectivity index (χ4v) is 5.26. The van der Waals surface area contributed by atoms with Gasteiger partial charge in [-0.25, -0.2) is 19.5 Å². The van der Waals surface area contributed by atoms with Gasteiger partial charge in [0.25, 0.3) is 0 Å². The summed E-state index contributed by atoms with van der Waals surface area (Å²) in [6.45, 7) is 1.17. The van der Waals surface area contributed by atoms with E-state index < -0.39 is 38.2 Å². The zero-order valence-corrected chi connectivity index (χ0v) is 19.4. The molecule has 3 heterocycles. The highest BCUT2D eigenvalue weighted by atomic mass is 31.2. The molecule has 0 saturated carbocycles. The van der Waals surface area contributed by atoms with Crippen molar-refractivity contribution in [3.8, 4) is 5.75 Å². The molecule has 1 fully saturated rings. The Morgan fingerprint density at radius 3 is 2.82 bits per heavy atom. The third-order valence-corrected chi connectivity index (χ3v) is 6.86. The third-order valence-electron chi connectivity index (χ3n) is 5.16. The zero-order chi connectivity index (χ0) is 24.3. The van der Waals surface area contributed by atoms with Gasteiger partial charge in [-0.1, -0.05) is 18.2 Å². The number of hydrogen-bond donors (Lipinski definition) is 3. The predicted octanol–water partition coefficient (Wildman–Crippen LogP) is 1.41. The van der Waals surface area contributed by atoms with Gasteiger partial charge in [-0.2, -0.15) is 5.09 Å². The van der Waals surface area contributed by atoms with E-state index in [1.165, 1.54) is 26.7 Å². The maximum absolute atomic E-state index is 13.8. The van der Waals surface area contributed by atoms with Crippen LogP contribution in [0.15, 0.2) is 43.0 Å². The predicted molar refractivity (Wildman–Crippen MR) is 120 cm³/mol. The molecule has 1 aliphatic heterocycles. The van der Waals surface area contributed by atoms with E-state index in [0.717, 1.165) is 0 Å². The molecule has 1 aromatic carbocycles. The van der Waals surface area contributed by atoms with Crippen LogP contribution in [0.3, 0.4) is 0 Å². The first-order valence-corrected chi connectivity index (χ1v) is 12.0. The van der Waals surface area contributed by atoms with Gasteiger partial charge in [-0.15, -0.1) is 0 Å². The lowest BCUT2D eigenvalue weighted by molar-refractivity contribution is -0.142. The molecule has 0 bridgehead atoms. The fraction of sp³-hybridized carbons (Fsp3) is 0.400. The van der Waals surface area contributed by atoms with Crippen molar-refractivity contribution in [3.05, 3.63) is 43.0 Å². The van der Waals surface area contributed by atoms with Crippen LogP contribution in [-0.2, 0) is 23.4 Å². The van der Waals surface area contributed by atoms with Gasteiger partial charge in [0.1, 0.15) is 29.7 Å². The van der Waals surface area contributed by atoms with Crippen molar-refractivity contribution in [2.75, 3.05) is 19.5 Å². The number of aliphatic hydroxyl groups excluding tert-OH is 1. The molecule has 3 aromatic rings. The van der Waals surface area contributed by atoms with E-state index in [0.29, 0.717) is 11.2 Å². The van der Waals surface area contributed by atoms with Crippen LogP contribution < -0.4 is 15.3 Å². The molecule has 13 nitrogen and oxygen atoms in total. The van der Waals surface area contributed by atoms with Gasteiger partial charge >= 0.3 is 13.7 Å². The molecule has 34 heavy (non-hydrogen) atoms. The Morgan fingerprint density at radius 2 is 2.12 bits per heavy atom. The number of methoxy groups -OCH3 is 1. The molecule has 2 aromatic heterocycles. The van der Waals surface area contributed by atoms with E-state index in [1.807, 2.05) is 0 Å². The second-order valence-corrected chi connectivity index (χ2v) is 9.22. The average molecular weight is 492 g/mol. The molecule has 14 heteroatoms. The third kappa shape index (κ3) is 5.03. The maximum atomic E-state index is 13.8. The van der Waals surface area contributed by atoms with E-state index in [-0.39, 0.29) is 24.6 Å². The van der Waals surface area contributed by atoms with E-state index in [2.05, 4.69) is 20.0 Å². The summed E-state index contributed by atoms with van der Waals surface area (Å²) in [5, 5.41) is 12.3. The average Bonchev–Trinajstić information content (AvgIpc) is 3.43. The number of fused-ring (bicyclic) bond motifs is 1. The minimum absolute atomic E-state index is 0.178. The van der Waals surface area contributed by atoms with Crippen LogP contribution in [-0.4, -0.2) is 62.6 Å². The van der Waals surface area contributed by atoms with Crippen molar-refractivity contribution >= 4 is 30.7 Å². The number of nitrogens with one attached hydrogen (secondary N) is 1. The zero-order valence-electron chi connectivity index (χ0n) is 18.5. The molecule has 1 saturated heterocycles. The Kier molecular flexibility index (Phi) is 7.10. The maximum Gasteiger partial charge on any atom is 0.459 e. The number of nitrogens with two attached hydrogens (primary N) is 1. The Labute approximate surface area is 194 Å². The number of carbonyl (C=O) groups is 1. The Balaban J connectivity index is 1.66. The van der Waals surface area contributed by atoms with E-state index in [4.69, 9.17) is 24.3 Å². The van der Waals surface area contributed by atoms with E-state index >= 15 is 0 Å². The number of benzene rings is 1. The Morgan fingerprint density at radius 1 is 1.35 bits per heavy atom. The Bertz CT molecular complexity index is 1190. The Hall–Kier alpha value is -3.09. The van der Waals surface area contributed by atoms with Crippen LogP contribution in [0, 0.1) is 0 Å². The summed E-state index contributed by atoms with van der Waals surface area (Å²) < 4.78 is 37.7. The van der Waals surface area contributed by atoms with Gasteiger partial charge < -0.3 is 24.8 Å². The highest BCUT2D eigenvalue weighted by molar-refractivity contribution is 7.52. The number of nitrogen functional groups attached to an aromatic ring is 1. The molecule has 0 radical (unpaired) electrons. The SMILES string of the molecule is COC(=O)C(C)NP(=O)(Oc1ccccc1)OC1C[C@@H](CO)O[C@H]1n1cnc2c(N)ncnc21. The topological polar surface area (TPSA) is 173 Å². The lowest BCUT2D eigenvalue weighted by Gasteiger charge is -2.27. The van der Waals surface area contributed by atoms with Crippen LogP contribution in [0.25, 0.3) is 11.2 Å². The minimum atomic E-state index is -4.16. The second kappa shape index (κ2) is 10.0. The number of carbonyl (C=O) groups excluding carboxylic acids is 1. The number of ether oxygens (including phenoxy) is 2. The molecule has 4 rings (SSSR count). The van der Waals surface area contributed by atoms with Crippen LogP contribution in [0.5, 0.6) is 5.75 Å². The van der Waals surface area contributed by atoms with E-state index in [1.54, 1.807) is 34.9 Å². The fourth-order valence-electron chi connectivity index (χ4n) is 3.57. The minimum Gasteiger partial charge on any atom is -0.468 e. The van der Waals surface area contributed by atoms with E-state index in [9.17, 15) is 14.5 Å². The lowest BCUT2D eigenvalue weighted by atomic mass is 10.2. The molecular formula is C20H25N6O7P. The normalized spacial score (nSPS) is 22.9. The molecule has 1 aliphatic rings. The van der Waals surface area contributed by atoms with Gasteiger partial charge in [-0.05, 0) is 19.1 Å². The highest BCUT2D eigenvalue weighted by Gasteiger charge is 2.44. The molecular weight excluding hydrogens is 467 g/mol. The summed E-state index contributed by atoms with van der Waals surface area (Å²) in [5.74, 6) is -0.205. The molecule has 182 valence electrons. The molecule has 0 aliphatic carbocycles. The van der Waals surface area contributed by atoms with Crippen LogP contribution in [0.2, 0.25) is 0 Å². The van der Waals surface area contributed by atoms with Crippen molar-refractivity contribution in [1.82, 2.24) is 24.6 Å². The second-order valence-electron chi connectivity index (χ2n) is 7.57. The van der Waals surface area contributed by atoms with Crippen LogP contribution >= 0.6 is 7.75 Å². The summed E-state index contributed by atoms with van der Waals surface area (Å²) in [6.07, 6.45) is 0.543. The first-order chi connectivity index (χ1) is 16.3. The summed E-state index contributed by atoms with van der Waals surface area (Å²) in [6, 6.07) is 7.37. The molecule has 3 unspecified atom stereocenters. The van der Waals surface area contributed by atoms with Crippen molar-refractivity contribution < 1.29 is 33.0 Å². The summed E-state index contributed by atoms with van der Waals surface area (Å²) in [4.78, 5) is 24.4. The largest absolute Gasteiger partial charge is 0.468 e. The molecule has 0 spiro atoms. The standard InChI is InChI=1S/C20H25N6O7P/c1-12(20(28)30-2)25-34(29,32-13-6-4-3-5-7-13)33-15-8-14(9-27)31-19(15)26-11-24-16-17(21)22-10-23-18(16)26/h3-7,10-12,14-15,19,27H,8-9H2,1-2H3,(H,25,29)(H2,21,22,23)/t12?,14-,15?,19+,34?/m0/s1. The smallest absolute Gasteiger partial charge is 0.459 e. The molecule has 4 N–H and O–H groups in total. The number of nitrogens with zero attached hydrogens (tertiary/aromatic N) is 4. The number of aromatic nitrogens is 4. The van der Waals surface area contributed by atoms with Crippen molar-refractivity contribution in [3.63, 3.8) is 0 Å². The van der Waals surface area contributed by atoms with Gasteiger partial charge in [-0.3, -0.25) is 13.9 Å². The first-order valence-electron chi connectivity index (χ1n) is 10.4. The van der Waals surface area contributed by atoms with Crippen molar-refractivity contribution in [2.24, 2.45) is 0 Å². The highest BCUT2D eigenvalue weighted by Crippen LogP contribution is 2.50. The number of hydrogen-bond acceptors (Lipinski definition) is 11. The number of para-hydroxylation sites is 1. The number of rotatable bonds is 9. The van der Waals surface area contributed by atoms with Crippen LogP contribution in [0.4, 0.5) is 5.82 Å². The van der Waals surface area contributed by atoms with Gasteiger partial charge in [0.2, 0.25) is 0 Å². The summed E-state index contributed by atoms with van der Waals surface area (Å²) in [5.41, 5.74) is 6.62. The summed E-state index contributed by atoms with van der Waals surface area (Å²) in [7, 11) is -2.95. The first kappa shape index (κ1) is 24.0. The van der Waals surface area contributed by atoms with Crippen molar-refractivity contribution in [1.29, 1.82) is 0 Å². The number of esters is 1. The monoisotopic (exact) mass is 492 g/mol. The number of anilines is 1. The number of aliphatic hydroxyl groups is 1. The quantitative estimate of drug-likeness (QED) is 0.290. The van der Waals surface area contributed by atoms with Crippen LogP contribution in [0.1, 0.15) is 19.6 Å². The molecule has 0 amide bonds. The molecule has 5 atom stereocenters. The van der Waals surface area contributed by atoms with Gasteiger partial charge in [0.05, 0.1) is 26.1 Å². The van der Waals surface area contributed by atoms with Gasteiger partial charge in [0.15, 0.2) is 17.7 Å².